The molecule has 1 aromatic heterocycles. The Kier molecular flexibility index (Phi) is 6.89. The van der Waals surface area contributed by atoms with Gasteiger partial charge in [-0.1, -0.05) is 49.0 Å². The highest BCUT2D eigenvalue weighted by Crippen LogP contribution is 2.29. The number of piperidine rings is 1. The largest absolute Gasteiger partial charge is 0.481 e. The molecule has 178 valence electrons. The molecule has 0 amide bonds. The smallest absolute Gasteiger partial charge is 0.306 e. The summed E-state index contributed by atoms with van der Waals surface area (Å²) >= 11 is 0. The molecule has 4 rings (SSSR count). The number of likely N-dealkylation sites (tertiary alicyclic amines) is 1. The highest BCUT2D eigenvalue weighted by atomic mass is 16.4. The van der Waals surface area contributed by atoms with E-state index >= 15 is 0 Å². The van der Waals surface area contributed by atoms with Gasteiger partial charge in [-0.2, -0.15) is 5.10 Å². The molecule has 0 aliphatic carbocycles. The topological polar surface area (TPSA) is 70.4 Å². The number of hydrogen-bond acceptors (Lipinski definition) is 4. The molecule has 34 heavy (non-hydrogen) atoms. The Balaban J connectivity index is 1.42. The average molecular weight is 459 g/mol. The van der Waals surface area contributed by atoms with Gasteiger partial charge in [0.2, 0.25) is 0 Å². The fourth-order valence-corrected chi connectivity index (χ4v) is 4.38. The number of anilines is 1. The van der Waals surface area contributed by atoms with E-state index in [4.69, 9.17) is 5.10 Å². The molecule has 6 nitrogen and oxygen atoms in total. The van der Waals surface area contributed by atoms with Gasteiger partial charge in [-0.3, -0.25) is 14.4 Å². The molecule has 1 aliphatic rings. The fraction of sp³-hybridized carbons (Fsp3) is 0.357. The van der Waals surface area contributed by atoms with Crippen LogP contribution in [-0.4, -0.2) is 38.8 Å². The Hall–Kier alpha value is -3.38. The van der Waals surface area contributed by atoms with E-state index in [0.717, 1.165) is 60.8 Å². The van der Waals surface area contributed by atoms with Crippen molar-refractivity contribution in [2.24, 2.45) is 5.92 Å². The molecule has 0 saturated carbocycles. The van der Waals surface area contributed by atoms with Crippen LogP contribution in [0.25, 0.3) is 17.0 Å². The summed E-state index contributed by atoms with van der Waals surface area (Å²) in [6.07, 6.45) is 1.45. The first-order valence-corrected chi connectivity index (χ1v) is 11.9. The summed E-state index contributed by atoms with van der Waals surface area (Å²) in [7, 11) is 0. The van der Waals surface area contributed by atoms with Crippen molar-refractivity contribution in [2.45, 2.75) is 45.7 Å². The first-order chi connectivity index (χ1) is 16.2. The Morgan fingerprint density at radius 1 is 1.09 bits per heavy atom. The minimum atomic E-state index is -0.668. The van der Waals surface area contributed by atoms with Crippen molar-refractivity contribution in [3.8, 4) is 11.3 Å². The molecule has 0 bridgehead atoms. The Morgan fingerprint density at radius 2 is 1.74 bits per heavy atom. The monoisotopic (exact) mass is 458 g/mol. The van der Waals surface area contributed by atoms with Crippen LogP contribution in [0.15, 0.2) is 67.2 Å². The van der Waals surface area contributed by atoms with Crippen LogP contribution in [0.3, 0.4) is 0 Å². The van der Waals surface area contributed by atoms with E-state index in [2.05, 4.69) is 84.7 Å². The van der Waals surface area contributed by atoms with Crippen molar-refractivity contribution in [3.05, 3.63) is 78.5 Å². The Labute approximate surface area is 201 Å². The maximum absolute atomic E-state index is 11.2. The summed E-state index contributed by atoms with van der Waals surface area (Å²) in [5.41, 5.74) is 5.78. The van der Waals surface area contributed by atoms with Gasteiger partial charge in [-0.05, 0) is 76.0 Å². The molecule has 6 heteroatoms. The second-order valence-corrected chi connectivity index (χ2v) is 10.1. The van der Waals surface area contributed by atoms with Crippen LogP contribution in [0, 0.1) is 5.92 Å². The molecule has 2 aromatic carbocycles. The van der Waals surface area contributed by atoms with Crippen molar-refractivity contribution in [1.29, 1.82) is 0 Å². The molecule has 0 unspecified atom stereocenters. The van der Waals surface area contributed by atoms with Crippen molar-refractivity contribution < 1.29 is 9.90 Å². The number of nitrogens with one attached hydrogen (secondary N) is 1. The number of carbonyl (C=O) groups is 1. The molecule has 2 N–H and O–H groups in total. The fourth-order valence-electron chi connectivity index (χ4n) is 4.38. The third-order valence-electron chi connectivity index (χ3n) is 6.32. The van der Waals surface area contributed by atoms with E-state index in [1.54, 1.807) is 0 Å². The zero-order valence-electron chi connectivity index (χ0n) is 20.3. The van der Waals surface area contributed by atoms with Crippen molar-refractivity contribution in [1.82, 2.24) is 14.7 Å². The molecule has 1 fully saturated rings. The third-order valence-corrected chi connectivity index (χ3v) is 6.32. The number of hydrogen-bond donors (Lipinski definition) is 2. The molecule has 0 atom stereocenters. The van der Waals surface area contributed by atoms with Gasteiger partial charge in [0.05, 0.1) is 22.8 Å². The molecule has 2 heterocycles. The number of aliphatic carboxylic acids is 1. The van der Waals surface area contributed by atoms with E-state index in [1.165, 1.54) is 5.56 Å². The van der Waals surface area contributed by atoms with Crippen LogP contribution >= 0.6 is 0 Å². The van der Waals surface area contributed by atoms with Gasteiger partial charge in [0.15, 0.2) is 0 Å². The maximum atomic E-state index is 11.2. The highest BCUT2D eigenvalue weighted by molar-refractivity contribution is 5.76. The van der Waals surface area contributed by atoms with E-state index in [1.807, 2.05) is 18.2 Å². The zero-order chi connectivity index (χ0) is 24.3. The van der Waals surface area contributed by atoms with Gasteiger partial charge in [-0.25, -0.2) is 0 Å². The Bertz CT molecular complexity index is 1140. The van der Waals surface area contributed by atoms with Crippen LogP contribution < -0.4 is 5.32 Å². The van der Waals surface area contributed by atoms with Gasteiger partial charge in [0.25, 0.3) is 0 Å². The average Bonchev–Trinajstić information content (AvgIpc) is 3.28. The van der Waals surface area contributed by atoms with Crippen LogP contribution in [0.1, 0.15) is 44.9 Å². The SMILES string of the molecule is C=C(Nc1ccc(CN2CCC(C(=O)O)CC2)cc1)c1cc(-c2ccccc2)n(C(C)(C)C)n1. The number of rotatable bonds is 7. The number of aromatic nitrogens is 2. The number of carboxylic acids is 1. The van der Waals surface area contributed by atoms with Crippen LogP contribution in [-0.2, 0) is 16.9 Å². The third kappa shape index (κ3) is 5.57. The lowest BCUT2D eigenvalue weighted by atomic mass is 9.97. The lowest BCUT2D eigenvalue weighted by Gasteiger charge is -2.30. The predicted octanol–water partition coefficient (Wildman–Crippen LogP) is 5.68. The van der Waals surface area contributed by atoms with Crippen molar-refractivity contribution >= 4 is 17.4 Å². The molecule has 1 aliphatic heterocycles. The van der Waals surface area contributed by atoms with E-state index in [9.17, 15) is 9.90 Å². The van der Waals surface area contributed by atoms with Crippen LogP contribution in [0.5, 0.6) is 0 Å². The summed E-state index contributed by atoms with van der Waals surface area (Å²) in [5, 5.41) is 17.4. The summed E-state index contributed by atoms with van der Waals surface area (Å²) < 4.78 is 2.06. The normalized spacial score (nSPS) is 15.3. The van der Waals surface area contributed by atoms with Gasteiger partial charge in [0.1, 0.15) is 5.69 Å². The van der Waals surface area contributed by atoms with Crippen molar-refractivity contribution in [3.63, 3.8) is 0 Å². The minimum Gasteiger partial charge on any atom is -0.481 e. The maximum Gasteiger partial charge on any atom is 0.306 e. The molecule has 0 spiro atoms. The first-order valence-electron chi connectivity index (χ1n) is 11.9. The van der Waals surface area contributed by atoms with Crippen LogP contribution in [0.4, 0.5) is 5.69 Å². The van der Waals surface area contributed by atoms with E-state index in [0.29, 0.717) is 0 Å². The molecule has 3 aromatic rings. The van der Waals surface area contributed by atoms with Gasteiger partial charge in [0, 0.05) is 12.2 Å². The lowest BCUT2D eigenvalue weighted by molar-refractivity contribution is -0.143. The molecule has 0 radical (unpaired) electrons. The zero-order valence-corrected chi connectivity index (χ0v) is 20.3. The quantitative estimate of drug-likeness (QED) is 0.476. The van der Waals surface area contributed by atoms with Crippen LogP contribution in [0.2, 0.25) is 0 Å². The second kappa shape index (κ2) is 9.85. The summed E-state index contributed by atoms with van der Waals surface area (Å²) in [4.78, 5) is 13.5. The first kappa shape index (κ1) is 23.8. The second-order valence-electron chi connectivity index (χ2n) is 10.1. The summed E-state index contributed by atoms with van der Waals surface area (Å²) in [6.45, 7) is 13.2. The van der Waals surface area contributed by atoms with Gasteiger partial charge >= 0.3 is 5.97 Å². The van der Waals surface area contributed by atoms with E-state index in [-0.39, 0.29) is 11.5 Å². The van der Waals surface area contributed by atoms with Gasteiger partial charge in [-0.15, -0.1) is 0 Å². The Morgan fingerprint density at radius 3 is 2.32 bits per heavy atom. The number of benzene rings is 2. The highest BCUT2D eigenvalue weighted by Gasteiger charge is 2.24. The molecule has 1 saturated heterocycles. The lowest BCUT2D eigenvalue weighted by Crippen LogP contribution is -2.35. The number of carboxylic acid groups (broad SMARTS) is 1. The van der Waals surface area contributed by atoms with Gasteiger partial charge < -0.3 is 10.4 Å². The minimum absolute atomic E-state index is 0.162. The molecular weight excluding hydrogens is 424 g/mol. The predicted molar refractivity (Wildman–Crippen MR) is 137 cm³/mol. The molecular formula is C28H34N4O2. The standard InChI is InChI=1S/C28H34N4O2/c1-20(25-18-26(22-8-6-5-7-9-22)32(30-25)28(2,3)4)29-24-12-10-21(11-13-24)19-31-16-14-23(15-17-31)27(33)34/h5-13,18,23,29H,1,14-17,19H2,2-4H3,(H,33,34). The van der Waals surface area contributed by atoms with Crippen molar-refractivity contribution in [2.75, 3.05) is 18.4 Å². The van der Waals surface area contributed by atoms with E-state index < -0.39 is 5.97 Å². The number of nitrogens with zero attached hydrogens (tertiary/aromatic N) is 3. The summed E-state index contributed by atoms with van der Waals surface area (Å²) in [6, 6.07) is 20.7. The summed E-state index contributed by atoms with van der Waals surface area (Å²) in [5.74, 6) is -0.864.